The molecule has 12 heterocycles. The molecule has 24 nitrogen and oxygen atoms in total. The Labute approximate surface area is 621 Å². The first-order chi connectivity index (χ1) is 52.1. The van der Waals surface area contributed by atoms with Gasteiger partial charge in [-0.05, 0) is 167 Å². The van der Waals surface area contributed by atoms with E-state index < -0.39 is 34.9 Å². The molecule has 0 atom stereocenters. The summed E-state index contributed by atoms with van der Waals surface area (Å²) in [4.78, 5) is 48.2. The van der Waals surface area contributed by atoms with Crippen LogP contribution in [0.15, 0.2) is 129 Å². The van der Waals surface area contributed by atoms with E-state index >= 15 is 26.3 Å². The Morgan fingerprint density at radius 2 is 0.704 bits per heavy atom. The summed E-state index contributed by atoms with van der Waals surface area (Å²) in [5, 5.41) is 13.1. The van der Waals surface area contributed by atoms with Crippen molar-refractivity contribution in [3.8, 4) is 34.9 Å². The SMILES string of the molecule is CCN1CCN(c2ccc(Nc3ncnc(Oc4ccc5c(cc(C)n5C(C)C)c4F)c3F)nc2)CC1.Cc1cc2c(F)c(Oc3ncnc(Nc4ccc(N5CCN(C)CC5)cn4)c3F)ccc2n1C(C)C.Cc1cc2c(F)c(Oc3ncnc(Nc4ccc(N5CCNCC5)cn4)c3F)ccc2n1C(C)C. The van der Waals surface area contributed by atoms with Gasteiger partial charge in [0.15, 0.2) is 52.2 Å². The number of halogens is 6. The molecule has 108 heavy (non-hydrogen) atoms. The molecule has 0 radical (unpaired) electrons. The van der Waals surface area contributed by atoms with Crippen molar-refractivity contribution in [3.63, 3.8) is 0 Å². The fourth-order valence-corrected chi connectivity index (χ4v) is 13.9. The Kier molecular flexibility index (Phi) is 22.7. The molecule has 0 amide bonds. The molecule has 3 fully saturated rings. The summed E-state index contributed by atoms with van der Waals surface area (Å²) in [5.41, 5.74) is 8.08. The van der Waals surface area contributed by atoms with Crippen LogP contribution in [0.3, 0.4) is 0 Å². The standard InChI is InChI=1S/C27H31F2N7O.C26H29F2N7O.C25H27F2N7O/c1-5-34-10-12-35(13-11-34)19-6-9-23(30-15-19)33-26-25(29)27(32-16-31-26)37-22-8-7-21-20(24(22)28)14-18(4)36(21)17(2)3;1-16(2)35-17(3)13-19-20(35)6-7-21(23(19)27)36-26-24(28)25(30-15-31-26)32-22-8-5-18(14-29-22)34-11-9-33(4)10-12-34;1-15(2)34-16(3)12-18-19(34)5-6-20(22(18)26)35-25-23(27)24(30-14-31-25)32-21-7-4-17(13-29-21)33-10-8-28-9-11-33/h6-9,14-17H,5,10-13H2,1-4H3,(H,30,31,32,33);5-8,13-16H,9-12H2,1-4H3,(H,29,30,31,32);4-7,12-15,28H,8-11H2,1-3H3,(H,29,30,31,32). The van der Waals surface area contributed by atoms with Gasteiger partial charge in [0.2, 0.25) is 17.5 Å². The Balaban J connectivity index is 0.000000143. The number of pyridine rings is 3. The largest absolute Gasteiger partial charge is 0.433 e. The fourth-order valence-electron chi connectivity index (χ4n) is 13.9. The van der Waals surface area contributed by atoms with Gasteiger partial charge in [-0.1, -0.05) is 6.92 Å². The van der Waals surface area contributed by atoms with E-state index in [0.717, 1.165) is 155 Å². The van der Waals surface area contributed by atoms with Gasteiger partial charge in [0.1, 0.15) is 36.4 Å². The summed E-state index contributed by atoms with van der Waals surface area (Å²) in [5.74, 6) is -4.71. The van der Waals surface area contributed by atoms with Gasteiger partial charge in [-0.3, -0.25) is 0 Å². The van der Waals surface area contributed by atoms with Crippen LogP contribution in [-0.4, -0.2) is 160 Å². The lowest BCUT2D eigenvalue weighted by Gasteiger charge is -2.35. The highest BCUT2D eigenvalue weighted by molar-refractivity contribution is 5.86. The first-order valence-corrected chi connectivity index (χ1v) is 36.1. The maximum absolute atomic E-state index is 15.3. The zero-order valence-electron chi connectivity index (χ0n) is 62.1. The quantitative estimate of drug-likeness (QED) is 0.0553. The minimum Gasteiger partial charge on any atom is -0.433 e. The molecule has 3 aliphatic heterocycles. The van der Waals surface area contributed by atoms with Crippen molar-refractivity contribution < 1.29 is 40.6 Å². The van der Waals surface area contributed by atoms with Crippen molar-refractivity contribution in [2.75, 3.05) is 123 Å². The van der Waals surface area contributed by atoms with Crippen LogP contribution in [0.4, 0.5) is 78.3 Å². The van der Waals surface area contributed by atoms with Gasteiger partial charge in [0.05, 0.1) is 52.2 Å². The van der Waals surface area contributed by atoms with Crippen LogP contribution in [0.25, 0.3) is 32.7 Å². The monoisotopic (exact) mass is 1480 g/mol. The summed E-state index contributed by atoms with van der Waals surface area (Å²) < 4.78 is 114. The number of benzene rings is 3. The maximum Gasteiger partial charge on any atom is 0.261 e. The number of piperazine rings is 3. The van der Waals surface area contributed by atoms with Crippen LogP contribution in [0.2, 0.25) is 0 Å². The number of aromatic nitrogens is 12. The average molecular weight is 1480 g/mol. The Morgan fingerprint density at radius 1 is 0.389 bits per heavy atom. The number of nitrogens with one attached hydrogen (secondary N) is 4. The number of nitrogens with zero attached hydrogens (tertiary/aromatic N) is 17. The smallest absolute Gasteiger partial charge is 0.261 e. The third-order valence-electron chi connectivity index (χ3n) is 19.3. The van der Waals surface area contributed by atoms with Crippen LogP contribution >= 0.6 is 0 Å². The predicted octanol–water partition coefficient (Wildman–Crippen LogP) is 15.9. The second kappa shape index (κ2) is 32.8. The first-order valence-electron chi connectivity index (χ1n) is 36.1. The molecule has 30 heteroatoms. The molecule has 15 rings (SSSR count). The third-order valence-corrected chi connectivity index (χ3v) is 19.3. The topological polar surface area (TPSA) is 223 Å². The zero-order valence-corrected chi connectivity index (χ0v) is 62.1. The molecular weight excluding hydrogens is 1390 g/mol. The number of hydrogen-bond acceptors (Lipinski definition) is 21. The van der Waals surface area contributed by atoms with E-state index in [2.05, 4.69) is 105 Å². The Hall–Kier alpha value is -11.4. The van der Waals surface area contributed by atoms with Crippen molar-refractivity contribution in [1.82, 2.24) is 73.7 Å². The number of ether oxygens (including phenoxy) is 3. The molecular formula is C78H87F6N21O3. The lowest BCUT2D eigenvalue weighted by atomic mass is 10.2. The van der Waals surface area contributed by atoms with Gasteiger partial charge >= 0.3 is 0 Å². The number of hydrogen-bond donors (Lipinski definition) is 4. The summed E-state index contributed by atoms with van der Waals surface area (Å²) in [6, 6.07) is 26.7. The average Bonchev–Trinajstić information content (AvgIpc) is 1.62. The van der Waals surface area contributed by atoms with Crippen molar-refractivity contribution in [1.29, 1.82) is 0 Å². The third kappa shape index (κ3) is 16.3. The molecule has 4 N–H and O–H groups in total. The van der Waals surface area contributed by atoms with Crippen LogP contribution < -0.4 is 50.2 Å². The predicted molar refractivity (Wildman–Crippen MR) is 409 cm³/mol. The maximum atomic E-state index is 15.3. The molecule has 564 valence electrons. The normalized spacial score (nSPS) is 14.4. The van der Waals surface area contributed by atoms with E-state index in [0.29, 0.717) is 33.6 Å². The molecule has 12 aromatic rings. The van der Waals surface area contributed by atoms with Gasteiger partial charge in [-0.2, -0.15) is 28.1 Å². The Morgan fingerprint density at radius 3 is 1.00 bits per heavy atom. The van der Waals surface area contributed by atoms with E-state index in [1.54, 1.807) is 73.2 Å². The van der Waals surface area contributed by atoms with E-state index in [-0.39, 0.29) is 70.5 Å². The number of likely N-dealkylation sites (N-methyl/N-ethyl adjacent to an activating group) is 2. The number of rotatable bonds is 19. The molecule has 0 bridgehead atoms. The Bertz CT molecular complexity index is 5130. The van der Waals surface area contributed by atoms with E-state index in [4.69, 9.17) is 14.2 Å². The molecule has 9 aromatic heterocycles. The lowest BCUT2D eigenvalue weighted by Crippen LogP contribution is -2.46. The number of anilines is 9. The lowest BCUT2D eigenvalue weighted by molar-refractivity contribution is 0.271. The molecule has 0 aliphatic carbocycles. The summed E-state index contributed by atoms with van der Waals surface area (Å²) in [6.07, 6.45) is 8.73. The molecule has 3 aromatic carbocycles. The fraction of sp³-hybridized carbons (Fsp3) is 0.346. The molecule has 3 saturated heterocycles. The highest BCUT2D eigenvalue weighted by Crippen LogP contribution is 2.39. The summed E-state index contributed by atoms with van der Waals surface area (Å²) >= 11 is 0. The second-order valence-electron chi connectivity index (χ2n) is 27.5. The van der Waals surface area contributed by atoms with Gasteiger partial charge in [-0.15, -0.1) is 0 Å². The van der Waals surface area contributed by atoms with Gasteiger partial charge in [0, 0.05) is 130 Å². The van der Waals surface area contributed by atoms with Gasteiger partial charge in [0.25, 0.3) is 17.6 Å². The zero-order chi connectivity index (χ0) is 76.0. The summed E-state index contributed by atoms with van der Waals surface area (Å²) in [7, 11) is 2.10. The minimum absolute atomic E-state index is 0.106. The van der Waals surface area contributed by atoms with Gasteiger partial charge in [-0.25, -0.2) is 43.1 Å². The van der Waals surface area contributed by atoms with Crippen molar-refractivity contribution in [2.45, 2.75) is 87.4 Å². The van der Waals surface area contributed by atoms with Crippen molar-refractivity contribution in [3.05, 3.63) is 181 Å². The second-order valence-corrected chi connectivity index (χ2v) is 27.5. The minimum atomic E-state index is -0.837. The van der Waals surface area contributed by atoms with E-state index in [1.165, 1.54) is 18.2 Å². The highest BCUT2D eigenvalue weighted by Gasteiger charge is 2.26. The van der Waals surface area contributed by atoms with Crippen LogP contribution in [0.1, 0.15) is 83.7 Å². The van der Waals surface area contributed by atoms with Crippen LogP contribution in [-0.2, 0) is 0 Å². The summed E-state index contributed by atoms with van der Waals surface area (Å²) in [6.45, 7) is 32.6. The van der Waals surface area contributed by atoms with Gasteiger partial charge < -0.3 is 73.7 Å². The highest BCUT2D eigenvalue weighted by atomic mass is 19.1. The molecule has 3 aliphatic rings. The number of aryl methyl sites for hydroxylation is 3. The van der Waals surface area contributed by atoms with Crippen molar-refractivity contribution in [2.24, 2.45) is 0 Å². The van der Waals surface area contributed by atoms with Crippen molar-refractivity contribution >= 4 is 84.7 Å². The van der Waals surface area contributed by atoms with E-state index in [9.17, 15) is 0 Å². The molecule has 0 spiro atoms. The first kappa shape index (κ1) is 74.9. The molecule has 0 saturated carbocycles. The van der Waals surface area contributed by atoms with Crippen LogP contribution in [0, 0.1) is 55.7 Å². The van der Waals surface area contributed by atoms with Crippen LogP contribution in [0.5, 0.6) is 34.9 Å². The molecule has 0 unspecified atom stereocenters. The number of fused-ring (bicyclic) bond motifs is 3. The van der Waals surface area contributed by atoms with E-state index in [1.807, 2.05) is 94.2 Å².